The number of β-amino-alcohol motifs (C(OH)–C–C–N with tert-alkyl or cyclic N) is 1. The van der Waals surface area contributed by atoms with Crippen molar-refractivity contribution in [1.29, 1.82) is 0 Å². The molecule has 3 aromatic rings. The lowest BCUT2D eigenvalue weighted by atomic mass is 10.0. The van der Waals surface area contributed by atoms with E-state index in [-0.39, 0.29) is 13.2 Å². The minimum absolute atomic E-state index is 0.166. The van der Waals surface area contributed by atoms with Crippen LogP contribution in [0.15, 0.2) is 42.7 Å². The highest BCUT2D eigenvalue weighted by Gasteiger charge is 2.34. The van der Waals surface area contributed by atoms with E-state index in [0.717, 1.165) is 34.5 Å². The maximum Gasteiger partial charge on any atom is 0.161 e. The minimum Gasteiger partial charge on any atom is -0.493 e. The van der Waals surface area contributed by atoms with Gasteiger partial charge < -0.3 is 24.1 Å². The molecule has 0 amide bonds. The summed E-state index contributed by atoms with van der Waals surface area (Å²) in [6.45, 7) is 12.1. The molecule has 1 aliphatic heterocycles. The largest absolute Gasteiger partial charge is 0.493 e. The van der Waals surface area contributed by atoms with Gasteiger partial charge in [0.1, 0.15) is 24.6 Å². The van der Waals surface area contributed by atoms with Gasteiger partial charge in [0.05, 0.1) is 33.1 Å². The van der Waals surface area contributed by atoms with Gasteiger partial charge in [-0.25, -0.2) is 0 Å². The van der Waals surface area contributed by atoms with E-state index in [1.54, 1.807) is 7.11 Å². The first kappa shape index (κ1) is 27.0. The van der Waals surface area contributed by atoms with Gasteiger partial charge in [-0.2, -0.15) is 5.10 Å². The Kier molecular flexibility index (Phi) is 8.74. The van der Waals surface area contributed by atoms with Gasteiger partial charge in [0.2, 0.25) is 0 Å². The summed E-state index contributed by atoms with van der Waals surface area (Å²) in [5.74, 6) is 2.19. The minimum atomic E-state index is -1.11. The molecule has 1 N–H and O–H groups in total. The fraction of sp³-hybridized carbons (Fsp3) is 0.483. The van der Waals surface area contributed by atoms with Crippen molar-refractivity contribution in [2.75, 3.05) is 46.6 Å². The smallest absolute Gasteiger partial charge is 0.161 e. The number of hydrogen-bond donors (Lipinski definition) is 1. The van der Waals surface area contributed by atoms with Crippen LogP contribution < -0.4 is 14.2 Å². The summed E-state index contributed by atoms with van der Waals surface area (Å²) in [6.07, 6.45) is 3.82. The number of ether oxygens (including phenoxy) is 4. The molecule has 8 heteroatoms. The Morgan fingerprint density at radius 3 is 2.62 bits per heavy atom. The van der Waals surface area contributed by atoms with E-state index >= 15 is 0 Å². The molecule has 37 heavy (non-hydrogen) atoms. The summed E-state index contributed by atoms with van der Waals surface area (Å²) in [6, 6.07) is 10.1. The van der Waals surface area contributed by atoms with E-state index in [9.17, 15) is 5.11 Å². The summed E-state index contributed by atoms with van der Waals surface area (Å²) < 4.78 is 25.3. The number of methoxy groups -OCH3 is 1. The van der Waals surface area contributed by atoms with Gasteiger partial charge in [-0.05, 0) is 73.7 Å². The van der Waals surface area contributed by atoms with Gasteiger partial charge in [-0.15, -0.1) is 0 Å². The third-order valence-corrected chi connectivity index (χ3v) is 6.68. The van der Waals surface area contributed by atoms with E-state index in [1.165, 1.54) is 5.56 Å². The molecule has 0 spiro atoms. The molecule has 2 heterocycles. The van der Waals surface area contributed by atoms with Crippen LogP contribution in [-0.2, 0) is 17.8 Å². The van der Waals surface area contributed by atoms with Crippen LogP contribution in [0.1, 0.15) is 27.8 Å². The summed E-state index contributed by atoms with van der Waals surface area (Å²) in [5.41, 5.74) is 4.50. The quantitative estimate of drug-likeness (QED) is 0.445. The number of nitrogens with zero attached hydrogens (tertiary/aromatic N) is 3. The van der Waals surface area contributed by atoms with Gasteiger partial charge in [-0.1, -0.05) is 12.1 Å². The van der Waals surface area contributed by atoms with E-state index in [2.05, 4.69) is 29.9 Å². The molecule has 2 aromatic carbocycles. The van der Waals surface area contributed by atoms with E-state index in [0.29, 0.717) is 44.3 Å². The molecular formula is C29H39N3O5. The number of rotatable bonds is 10. The molecule has 8 nitrogen and oxygen atoms in total. The van der Waals surface area contributed by atoms with Crippen LogP contribution in [0.5, 0.6) is 17.2 Å². The molecule has 1 aliphatic rings. The zero-order valence-electron chi connectivity index (χ0n) is 22.6. The average Bonchev–Trinajstić information content (AvgIpc) is 3.19. The SMILES string of the molecule is COc1cc(CN2CCOCC(O)(COc3cc(C)cc(C)c3C)C2)ccc1OCCn1cc(C)cn1. The van der Waals surface area contributed by atoms with Crippen molar-refractivity contribution in [2.45, 2.75) is 46.4 Å². The van der Waals surface area contributed by atoms with E-state index in [4.69, 9.17) is 18.9 Å². The van der Waals surface area contributed by atoms with Crippen molar-refractivity contribution in [3.8, 4) is 17.2 Å². The molecule has 0 radical (unpaired) electrons. The van der Waals surface area contributed by atoms with Crippen LogP contribution in [0, 0.1) is 27.7 Å². The molecule has 200 valence electrons. The van der Waals surface area contributed by atoms with E-state index < -0.39 is 5.60 Å². The Hall–Kier alpha value is -3.07. The Bertz CT molecular complexity index is 1190. The van der Waals surface area contributed by atoms with Gasteiger partial charge in [0.25, 0.3) is 0 Å². The first-order valence-corrected chi connectivity index (χ1v) is 12.8. The van der Waals surface area contributed by atoms with Crippen LogP contribution in [0.4, 0.5) is 0 Å². The van der Waals surface area contributed by atoms with Crippen molar-refractivity contribution in [2.24, 2.45) is 0 Å². The highest BCUT2D eigenvalue weighted by Crippen LogP contribution is 2.29. The lowest BCUT2D eigenvalue weighted by Crippen LogP contribution is -2.48. The molecule has 1 atom stereocenters. The maximum absolute atomic E-state index is 11.4. The highest BCUT2D eigenvalue weighted by atomic mass is 16.5. The molecule has 4 rings (SSSR count). The van der Waals surface area contributed by atoms with Gasteiger partial charge in [0, 0.05) is 25.8 Å². The molecule has 0 aliphatic carbocycles. The number of hydrogen-bond acceptors (Lipinski definition) is 7. The topological polar surface area (TPSA) is 78.2 Å². The first-order chi connectivity index (χ1) is 17.7. The van der Waals surface area contributed by atoms with E-state index in [1.807, 2.05) is 55.2 Å². The average molecular weight is 510 g/mol. The van der Waals surface area contributed by atoms with Crippen molar-refractivity contribution in [1.82, 2.24) is 14.7 Å². The van der Waals surface area contributed by atoms with Crippen LogP contribution >= 0.6 is 0 Å². The molecular weight excluding hydrogens is 470 g/mol. The van der Waals surface area contributed by atoms with Crippen LogP contribution in [0.2, 0.25) is 0 Å². The summed E-state index contributed by atoms with van der Waals surface area (Å²) in [4.78, 5) is 2.19. The third kappa shape index (κ3) is 7.25. The van der Waals surface area contributed by atoms with Crippen LogP contribution in [0.3, 0.4) is 0 Å². The van der Waals surface area contributed by atoms with Gasteiger partial charge >= 0.3 is 0 Å². The molecule has 1 saturated heterocycles. The normalized spacial score (nSPS) is 18.4. The Balaban J connectivity index is 1.37. The molecule has 0 saturated carbocycles. The predicted molar refractivity (Wildman–Crippen MR) is 143 cm³/mol. The number of aliphatic hydroxyl groups is 1. The first-order valence-electron chi connectivity index (χ1n) is 12.8. The predicted octanol–water partition coefficient (Wildman–Crippen LogP) is 3.85. The Labute approximate surface area is 219 Å². The van der Waals surface area contributed by atoms with Crippen molar-refractivity contribution in [3.05, 3.63) is 70.5 Å². The zero-order chi connectivity index (χ0) is 26.4. The summed E-state index contributed by atoms with van der Waals surface area (Å²) >= 11 is 0. The maximum atomic E-state index is 11.4. The van der Waals surface area contributed by atoms with Gasteiger partial charge in [-0.3, -0.25) is 9.58 Å². The third-order valence-electron chi connectivity index (χ3n) is 6.68. The van der Waals surface area contributed by atoms with Crippen LogP contribution in [-0.4, -0.2) is 72.0 Å². The lowest BCUT2D eigenvalue weighted by molar-refractivity contribution is -0.0648. The standard InChI is InChI=1S/C29H39N3O5/c1-21-12-23(3)24(4)27(13-21)37-20-29(33)18-31(8-10-35-19-29)17-25-6-7-26(28(14-25)34-5)36-11-9-32-16-22(2)15-30-32/h6-7,12-16,33H,8-11,17-20H2,1-5H3. The molecule has 1 fully saturated rings. The molecule has 1 aromatic heterocycles. The van der Waals surface area contributed by atoms with Crippen LogP contribution in [0.25, 0.3) is 0 Å². The lowest BCUT2D eigenvalue weighted by Gasteiger charge is -2.31. The number of benzene rings is 2. The molecule has 0 bridgehead atoms. The van der Waals surface area contributed by atoms with Crippen molar-refractivity contribution >= 4 is 0 Å². The van der Waals surface area contributed by atoms with Crippen molar-refractivity contribution < 1.29 is 24.1 Å². The fourth-order valence-corrected chi connectivity index (χ4v) is 4.61. The fourth-order valence-electron chi connectivity index (χ4n) is 4.61. The highest BCUT2D eigenvalue weighted by molar-refractivity contribution is 5.43. The number of aryl methyl sites for hydroxylation is 3. The number of aromatic nitrogens is 2. The second kappa shape index (κ2) is 12.0. The second-order valence-electron chi connectivity index (χ2n) is 10.1. The molecule has 1 unspecified atom stereocenters. The Morgan fingerprint density at radius 2 is 1.86 bits per heavy atom. The monoisotopic (exact) mass is 509 g/mol. The van der Waals surface area contributed by atoms with Crippen molar-refractivity contribution in [3.63, 3.8) is 0 Å². The Morgan fingerprint density at radius 1 is 1.03 bits per heavy atom. The van der Waals surface area contributed by atoms with Gasteiger partial charge in [0.15, 0.2) is 11.5 Å². The zero-order valence-corrected chi connectivity index (χ0v) is 22.6. The summed E-state index contributed by atoms with van der Waals surface area (Å²) in [5, 5.41) is 15.7. The summed E-state index contributed by atoms with van der Waals surface area (Å²) in [7, 11) is 1.65. The second-order valence-corrected chi connectivity index (χ2v) is 10.1.